The fourth-order valence-corrected chi connectivity index (χ4v) is 3.93. The van der Waals surface area contributed by atoms with Crippen molar-refractivity contribution in [2.75, 3.05) is 36.5 Å². The van der Waals surface area contributed by atoms with Crippen LogP contribution < -0.4 is 10.2 Å². The number of aromatic nitrogens is 3. The number of hydrogen-bond acceptors (Lipinski definition) is 7. The van der Waals surface area contributed by atoms with Crippen molar-refractivity contribution in [3.8, 4) is 11.3 Å². The molecular formula is C20H26ClN5O2. The van der Waals surface area contributed by atoms with Gasteiger partial charge in [-0.1, -0.05) is 11.6 Å². The van der Waals surface area contributed by atoms with E-state index in [1.807, 2.05) is 13.0 Å². The van der Waals surface area contributed by atoms with Gasteiger partial charge in [-0.15, -0.1) is 0 Å². The van der Waals surface area contributed by atoms with Crippen LogP contribution in [0.1, 0.15) is 32.6 Å². The molecule has 1 saturated carbocycles. The number of halogens is 1. The minimum atomic E-state index is -0.558. The smallest absolute Gasteiger partial charge is 0.147 e. The summed E-state index contributed by atoms with van der Waals surface area (Å²) in [6.07, 6.45) is 8.72. The lowest BCUT2D eigenvalue weighted by molar-refractivity contribution is 0.0196. The van der Waals surface area contributed by atoms with Crippen molar-refractivity contribution in [3.63, 3.8) is 0 Å². The zero-order valence-corrected chi connectivity index (χ0v) is 16.8. The Labute approximate surface area is 170 Å². The lowest BCUT2D eigenvalue weighted by atomic mass is 9.83. The summed E-state index contributed by atoms with van der Waals surface area (Å²) in [7, 11) is 0. The van der Waals surface area contributed by atoms with Crippen LogP contribution in [0.2, 0.25) is 5.15 Å². The molecule has 3 heterocycles. The van der Waals surface area contributed by atoms with Crippen molar-refractivity contribution >= 4 is 23.1 Å². The second kappa shape index (κ2) is 8.19. The van der Waals surface area contributed by atoms with Crippen LogP contribution in [0.5, 0.6) is 0 Å². The predicted octanol–water partition coefficient (Wildman–Crippen LogP) is 3.13. The standard InChI is InChI=1S/C20H26ClN5O2/c1-20(27)4-2-14(3-5-20)25-16-10-18(21)23-11-15(16)17-12-24-19(13-22-17)26-6-8-28-9-7-26/h10-14,27H,2-9H2,1H3,(H,23,25). The third-order valence-electron chi connectivity index (χ3n) is 5.54. The first-order chi connectivity index (χ1) is 13.5. The summed E-state index contributed by atoms with van der Waals surface area (Å²) in [5.41, 5.74) is 1.98. The van der Waals surface area contributed by atoms with Crippen LogP contribution in [0.25, 0.3) is 11.3 Å². The van der Waals surface area contributed by atoms with Gasteiger partial charge < -0.3 is 20.1 Å². The maximum absolute atomic E-state index is 10.2. The summed E-state index contributed by atoms with van der Waals surface area (Å²) in [6, 6.07) is 2.12. The molecule has 0 unspecified atom stereocenters. The summed E-state index contributed by atoms with van der Waals surface area (Å²) in [5, 5.41) is 14.2. The molecule has 0 atom stereocenters. The molecule has 2 aromatic rings. The van der Waals surface area contributed by atoms with E-state index < -0.39 is 5.60 Å². The number of pyridine rings is 1. The highest BCUT2D eigenvalue weighted by Gasteiger charge is 2.29. The Balaban J connectivity index is 1.53. The molecule has 0 radical (unpaired) electrons. The maximum Gasteiger partial charge on any atom is 0.147 e. The Morgan fingerprint density at radius 1 is 1.14 bits per heavy atom. The fraction of sp³-hybridized carbons (Fsp3) is 0.550. The molecule has 2 fully saturated rings. The largest absolute Gasteiger partial charge is 0.390 e. The molecule has 2 aromatic heterocycles. The van der Waals surface area contributed by atoms with Crippen LogP contribution >= 0.6 is 11.6 Å². The quantitative estimate of drug-likeness (QED) is 0.758. The van der Waals surface area contributed by atoms with Gasteiger partial charge in [0.15, 0.2) is 0 Å². The Bertz CT molecular complexity index is 799. The maximum atomic E-state index is 10.2. The number of nitrogens with zero attached hydrogens (tertiary/aromatic N) is 4. The summed E-state index contributed by atoms with van der Waals surface area (Å²) >= 11 is 6.15. The first kappa shape index (κ1) is 19.4. The molecule has 4 rings (SSSR count). The van der Waals surface area contributed by atoms with Crippen molar-refractivity contribution in [1.82, 2.24) is 15.0 Å². The molecule has 8 heteroatoms. The molecule has 0 spiro atoms. The van der Waals surface area contributed by atoms with Gasteiger partial charge in [0.25, 0.3) is 0 Å². The number of aliphatic hydroxyl groups is 1. The highest BCUT2D eigenvalue weighted by molar-refractivity contribution is 6.29. The predicted molar refractivity (Wildman–Crippen MR) is 110 cm³/mol. The summed E-state index contributed by atoms with van der Waals surface area (Å²) in [5.74, 6) is 0.859. The fourth-order valence-electron chi connectivity index (χ4n) is 3.77. The molecule has 0 amide bonds. The second-order valence-corrected chi connectivity index (χ2v) is 8.21. The van der Waals surface area contributed by atoms with Crippen LogP contribution in [0.4, 0.5) is 11.5 Å². The molecule has 28 heavy (non-hydrogen) atoms. The number of rotatable bonds is 4. The van der Waals surface area contributed by atoms with E-state index in [4.69, 9.17) is 16.3 Å². The van der Waals surface area contributed by atoms with Crippen LogP contribution in [-0.2, 0) is 4.74 Å². The van der Waals surface area contributed by atoms with Crippen LogP contribution in [0.15, 0.2) is 24.7 Å². The minimum Gasteiger partial charge on any atom is -0.390 e. The molecule has 2 N–H and O–H groups in total. The third kappa shape index (κ3) is 4.54. The molecule has 2 aliphatic rings. The zero-order valence-electron chi connectivity index (χ0n) is 16.1. The van der Waals surface area contributed by atoms with Crippen LogP contribution in [-0.4, -0.2) is 58.0 Å². The SMILES string of the molecule is CC1(O)CCC(Nc2cc(Cl)ncc2-c2cnc(N3CCOCC3)cn2)CC1. The molecule has 1 saturated heterocycles. The van der Waals surface area contributed by atoms with E-state index in [0.717, 1.165) is 61.5 Å². The number of ether oxygens (including phenoxy) is 1. The van der Waals surface area contributed by atoms with Gasteiger partial charge in [0.1, 0.15) is 11.0 Å². The van der Waals surface area contributed by atoms with Crippen LogP contribution in [0.3, 0.4) is 0 Å². The first-order valence-corrected chi connectivity index (χ1v) is 10.2. The van der Waals surface area contributed by atoms with Gasteiger partial charge in [-0.05, 0) is 38.7 Å². The van der Waals surface area contributed by atoms with E-state index >= 15 is 0 Å². The van der Waals surface area contributed by atoms with Crippen molar-refractivity contribution < 1.29 is 9.84 Å². The van der Waals surface area contributed by atoms with E-state index in [9.17, 15) is 5.11 Å². The van der Waals surface area contributed by atoms with Gasteiger partial charge in [-0.3, -0.25) is 4.98 Å². The topological polar surface area (TPSA) is 83.4 Å². The summed E-state index contributed by atoms with van der Waals surface area (Å²) in [4.78, 5) is 15.6. The van der Waals surface area contributed by atoms with Crippen LogP contribution in [0, 0.1) is 0 Å². The first-order valence-electron chi connectivity index (χ1n) is 9.80. The Kier molecular flexibility index (Phi) is 5.66. The van der Waals surface area contributed by atoms with E-state index in [0.29, 0.717) is 18.4 Å². The van der Waals surface area contributed by atoms with E-state index in [2.05, 4.69) is 25.2 Å². The number of nitrogens with one attached hydrogen (secondary N) is 1. The number of morpholine rings is 1. The summed E-state index contributed by atoms with van der Waals surface area (Å²) < 4.78 is 5.39. The third-order valence-corrected chi connectivity index (χ3v) is 5.75. The highest BCUT2D eigenvalue weighted by Crippen LogP contribution is 2.33. The van der Waals surface area contributed by atoms with Gasteiger partial charge in [0, 0.05) is 36.6 Å². The summed E-state index contributed by atoms with van der Waals surface area (Å²) in [6.45, 7) is 4.99. The van der Waals surface area contributed by atoms with E-state index in [-0.39, 0.29) is 6.04 Å². The van der Waals surface area contributed by atoms with Gasteiger partial charge in [0.2, 0.25) is 0 Å². The molecule has 150 valence electrons. The molecule has 0 bridgehead atoms. The monoisotopic (exact) mass is 403 g/mol. The van der Waals surface area contributed by atoms with Gasteiger partial charge in [-0.2, -0.15) is 0 Å². The normalized spacial score (nSPS) is 25.5. The molecule has 1 aliphatic heterocycles. The molecular weight excluding hydrogens is 378 g/mol. The lowest BCUT2D eigenvalue weighted by Crippen LogP contribution is -2.36. The van der Waals surface area contributed by atoms with Gasteiger partial charge in [0.05, 0.1) is 36.9 Å². The lowest BCUT2D eigenvalue weighted by Gasteiger charge is -2.34. The average Bonchev–Trinajstić information content (AvgIpc) is 2.71. The Morgan fingerprint density at radius 2 is 1.89 bits per heavy atom. The molecule has 0 aromatic carbocycles. The Hall–Kier alpha value is -1.96. The zero-order chi connectivity index (χ0) is 19.6. The van der Waals surface area contributed by atoms with E-state index in [1.54, 1.807) is 18.6 Å². The highest BCUT2D eigenvalue weighted by atomic mass is 35.5. The van der Waals surface area contributed by atoms with Crippen molar-refractivity contribution in [2.24, 2.45) is 0 Å². The van der Waals surface area contributed by atoms with Crippen molar-refractivity contribution in [1.29, 1.82) is 0 Å². The Morgan fingerprint density at radius 3 is 2.57 bits per heavy atom. The second-order valence-electron chi connectivity index (χ2n) is 7.83. The molecule has 1 aliphatic carbocycles. The average molecular weight is 404 g/mol. The number of hydrogen-bond donors (Lipinski definition) is 2. The van der Waals surface area contributed by atoms with Gasteiger partial charge in [-0.25, -0.2) is 9.97 Å². The van der Waals surface area contributed by atoms with Crippen molar-refractivity contribution in [2.45, 2.75) is 44.2 Å². The molecule has 7 nitrogen and oxygen atoms in total. The minimum absolute atomic E-state index is 0.290. The number of anilines is 2. The van der Waals surface area contributed by atoms with E-state index in [1.165, 1.54) is 0 Å². The van der Waals surface area contributed by atoms with Crippen molar-refractivity contribution in [3.05, 3.63) is 29.8 Å². The van der Waals surface area contributed by atoms with Gasteiger partial charge >= 0.3 is 0 Å².